The molecule has 0 radical (unpaired) electrons. The van der Waals surface area contributed by atoms with Crippen LogP contribution in [0.1, 0.15) is 28.2 Å². The third kappa shape index (κ3) is 2.49. The van der Waals surface area contributed by atoms with E-state index in [2.05, 4.69) is 5.16 Å². The van der Waals surface area contributed by atoms with Gasteiger partial charge in [-0.2, -0.15) is 0 Å². The molecule has 0 fully saturated rings. The summed E-state index contributed by atoms with van der Waals surface area (Å²) >= 11 is 0. The molecule has 0 atom stereocenters. The van der Waals surface area contributed by atoms with E-state index >= 15 is 0 Å². The number of benzene rings is 1. The number of hydrogen-bond acceptors (Lipinski definition) is 4. The first-order valence-corrected chi connectivity index (χ1v) is 6.32. The van der Waals surface area contributed by atoms with Gasteiger partial charge >= 0.3 is 5.97 Å². The summed E-state index contributed by atoms with van der Waals surface area (Å²) < 4.78 is 18.2. The van der Waals surface area contributed by atoms with E-state index in [1.54, 1.807) is 0 Å². The van der Waals surface area contributed by atoms with Gasteiger partial charge in [0, 0.05) is 18.2 Å². The third-order valence-electron chi connectivity index (χ3n) is 3.33. The van der Waals surface area contributed by atoms with E-state index in [4.69, 9.17) is 9.63 Å². The molecule has 1 aromatic heterocycles. The minimum absolute atomic E-state index is 0.0672. The first kappa shape index (κ1) is 13.3. The molecule has 7 heteroatoms. The zero-order chi connectivity index (χ0) is 15.0. The molecule has 6 nitrogen and oxygen atoms in total. The van der Waals surface area contributed by atoms with Crippen molar-refractivity contribution in [2.75, 3.05) is 4.90 Å². The number of amides is 1. The first-order valence-electron chi connectivity index (χ1n) is 6.32. The highest BCUT2D eigenvalue weighted by Gasteiger charge is 2.26. The average Bonchev–Trinajstić information content (AvgIpc) is 2.91. The lowest BCUT2D eigenvalue weighted by Crippen LogP contribution is -2.34. The van der Waals surface area contributed by atoms with Crippen LogP contribution < -0.4 is 4.90 Å². The molecule has 0 unspecified atom stereocenters. The zero-order valence-corrected chi connectivity index (χ0v) is 10.9. The molecular weight excluding hydrogens is 279 g/mol. The number of carboxylic acids is 1. The Morgan fingerprint density at radius 2 is 2.19 bits per heavy atom. The van der Waals surface area contributed by atoms with E-state index in [1.165, 1.54) is 29.2 Å². The molecule has 0 aliphatic carbocycles. The molecule has 0 saturated heterocycles. The van der Waals surface area contributed by atoms with Crippen molar-refractivity contribution < 1.29 is 23.6 Å². The van der Waals surface area contributed by atoms with Crippen LogP contribution in [0.4, 0.5) is 10.1 Å². The van der Waals surface area contributed by atoms with E-state index in [0.29, 0.717) is 12.1 Å². The standard InChI is InChI=1S/C14H11FN2O4/c15-9-2-3-12-8(5-9)1-4-13(18)17(12)7-10-6-11(14(19)20)16-21-10/h2-3,5-6H,1,4,7H2,(H,19,20). The monoisotopic (exact) mass is 290 g/mol. The van der Waals surface area contributed by atoms with Crippen molar-refractivity contribution in [3.63, 3.8) is 0 Å². The number of carbonyl (C=O) groups excluding carboxylic acids is 1. The highest BCUT2D eigenvalue weighted by Crippen LogP contribution is 2.29. The summed E-state index contributed by atoms with van der Waals surface area (Å²) in [7, 11) is 0. The number of aromatic nitrogens is 1. The lowest BCUT2D eigenvalue weighted by molar-refractivity contribution is -0.119. The van der Waals surface area contributed by atoms with E-state index in [0.717, 1.165) is 5.56 Å². The molecule has 1 aliphatic heterocycles. The number of hydrogen-bond donors (Lipinski definition) is 1. The predicted molar refractivity (Wildman–Crippen MR) is 69.4 cm³/mol. The Morgan fingerprint density at radius 1 is 1.38 bits per heavy atom. The summed E-state index contributed by atoms with van der Waals surface area (Å²) in [5.41, 5.74) is 1.14. The number of carboxylic acid groups (broad SMARTS) is 1. The topological polar surface area (TPSA) is 83.6 Å². The van der Waals surface area contributed by atoms with Crippen molar-refractivity contribution in [1.82, 2.24) is 5.16 Å². The predicted octanol–water partition coefficient (Wildman–Crippen LogP) is 1.99. The average molecular weight is 290 g/mol. The van der Waals surface area contributed by atoms with Crippen molar-refractivity contribution in [2.45, 2.75) is 19.4 Å². The maximum Gasteiger partial charge on any atom is 0.358 e. The summed E-state index contributed by atoms with van der Waals surface area (Å²) in [6.07, 6.45) is 0.760. The molecular formula is C14H11FN2O4. The number of halogens is 1. The number of nitrogens with zero attached hydrogens (tertiary/aromatic N) is 2. The van der Waals surface area contributed by atoms with Gasteiger partial charge in [0.25, 0.3) is 0 Å². The Labute approximate surface area is 118 Å². The van der Waals surface area contributed by atoms with Gasteiger partial charge in [-0.05, 0) is 30.2 Å². The molecule has 2 aromatic rings. The van der Waals surface area contributed by atoms with Crippen LogP contribution in [-0.4, -0.2) is 22.1 Å². The van der Waals surface area contributed by atoms with Crippen molar-refractivity contribution in [1.29, 1.82) is 0 Å². The highest BCUT2D eigenvalue weighted by atomic mass is 19.1. The van der Waals surface area contributed by atoms with Crippen LogP contribution >= 0.6 is 0 Å². The molecule has 1 aliphatic rings. The van der Waals surface area contributed by atoms with Crippen LogP contribution in [0.15, 0.2) is 28.8 Å². The zero-order valence-electron chi connectivity index (χ0n) is 10.9. The maximum absolute atomic E-state index is 13.2. The minimum Gasteiger partial charge on any atom is -0.476 e. The number of aromatic carboxylic acids is 1. The van der Waals surface area contributed by atoms with Crippen molar-refractivity contribution in [2.24, 2.45) is 0 Å². The number of fused-ring (bicyclic) bond motifs is 1. The Bertz CT molecular complexity index is 726. The van der Waals surface area contributed by atoms with Gasteiger partial charge in [-0.3, -0.25) is 4.79 Å². The van der Waals surface area contributed by atoms with E-state index < -0.39 is 5.97 Å². The van der Waals surface area contributed by atoms with Gasteiger partial charge in [0.1, 0.15) is 5.82 Å². The summed E-state index contributed by atoms with van der Waals surface area (Å²) in [4.78, 5) is 24.3. The van der Waals surface area contributed by atoms with Crippen molar-refractivity contribution in [3.05, 3.63) is 47.1 Å². The van der Waals surface area contributed by atoms with Gasteiger partial charge in [0.2, 0.25) is 5.91 Å². The third-order valence-corrected chi connectivity index (χ3v) is 3.33. The smallest absolute Gasteiger partial charge is 0.358 e. The second kappa shape index (κ2) is 5.01. The first-order chi connectivity index (χ1) is 10.0. The molecule has 1 aromatic carbocycles. The largest absolute Gasteiger partial charge is 0.476 e. The second-order valence-corrected chi connectivity index (χ2v) is 4.74. The Hall–Kier alpha value is -2.70. The van der Waals surface area contributed by atoms with Crippen LogP contribution in [0.5, 0.6) is 0 Å². The van der Waals surface area contributed by atoms with Crippen molar-refractivity contribution in [3.8, 4) is 0 Å². The number of anilines is 1. The van der Waals surface area contributed by atoms with Crippen LogP contribution in [0.2, 0.25) is 0 Å². The van der Waals surface area contributed by atoms with Gasteiger partial charge in [-0.25, -0.2) is 9.18 Å². The summed E-state index contributed by atoms with van der Waals surface area (Å²) in [6.45, 7) is 0.0672. The van der Waals surface area contributed by atoms with Crippen LogP contribution in [-0.2, 0) is 17.8 Å². The maximum atomic E-state index is 13.2. The van der Waals surface area contributed by atoms with Gasteiger partial charge in [0.05, 0.1) is 6.54 Å². The molecule has 3 rings (SSSR count). The molecule has 0 saturated carbocycles. The molecule has 108 valence electrons. The molecule has 1 N–H and O–H groups in total. The van der Waals surface area contributed by atoms with E-state index in [-0.39, 0.29) is 36.1 Å². The van der Waals surface area contributed by atoms with Gasteiger partial charge < -0.3 is 14.5 Å². The fourth-order valence-corrected chi connectivity index (χ4v) is 2.35. The molecule has 1 amide bonds. The van der Waals surface area contributed by atoms with Crippen LogP contribution in [0.25, 0.3) is 0 Å². The van der Waals surface area contributed by atoms with Crippen LogP contribution in [0.3, 0.4) is 0 Å². The van der Waals surface area contributed by atoms with Gasteiger partial charge in [-0.15, -0.1) is 0 Å². The number of aryl methyl sites for hydroxylation is 1. The number of carbonyl (C=O) groups is 2. The Morgan fingerprint density at radius 3 is 2.90 bits per heavy atom. The Kier molecular flexibility index (Phi) is 3.17. The minimum atomic E-state index is -1.20. The Balaban J connectivity index is 1.90. The lowest BCUT2D eigenvalue weighted by Gasteiger charge is -2.28. The quantitative estimate of drug-likeness (QED) is 0.934. The van der Waals surface area contributed by atoms with Gasteiger partial charge in [0.15, 0.2) is 11.5 Å². The summed E-state index contributed by atoms with van der Waals surface area (Å²) in [5, 5.41) is 12.2. The summed E-state index contributed by atoms with van der Waals surface area (Å²) in [6, 6.07) is 5.49. The highest BCUT2D eigenvalue weighted by molar-refractivity contribution is 5.96. The normalized spacial score (nSPS) is 14.1. The second-order valence-electron chi connectivity index (χ2n) is 4.74. The van der Waals surface area contributed by atoms with Gasteiger partial charge in [-0.1, -0.05) is 5.16 Å². The van der Waals surface area contributed by atoms with E-state index in [1.807, 2.05) is 0 Å². The SMILES string of the molecule is O=C(O)c1cc(CN2C(=O)CCc3cc(F)ccc32)on1. The molecule has 2 heterocycles. The van der Waals surface area contributed by atoms with E-state index in [9.17, 15) is 14.0 Å². The summed E-state index contributed by atoms with van der Waals surface area (Å²) in [5.74, 6) is -1.41. The fourth-order valence-electron chi connectivity index (χ4n) is 2.35. The molecule has 0 bridgehead atoms. The van der Waals surface area contributed by atoms with Crippen LogP contribution in [0, 0.1) is 5.82 Å². The molecule has 21 heavy (non-hydrogen) atoms. The fraction of sp³-hybridized carbons (Fsp3) is 0.214. The van der Waals surface area contributed by atoms with Crippen molar-refractivity contribution >= 4 is 17.6 Å². The molecule has 0 spiro atoms. The number of rotatable bonds is 3. The lowest BCUT2D eigenvalue weighted by atomic mass is 10.0.